The molecule has 2 fully saturated rings. The fraction of sp³-hybridized carbons (Fsp3) is 1.00. The van der Waals surface area contributed by atoms with Crippen molar-refractivity contribution in [1.82, 2.24) is 4.90 Å². The van der Waals surface area contributed by atoms with Crippen molar-refractivity contribution in [2.45, 2.75) is 51.4 Å². The maximum atomic E-state index is 9.43. The van der Waals surface area contributed by atoms with E-state index >= 15 is 0 Å². The van der Waals surface area contributed by atoms with Gasteiger partial charge < -0.3 is 10.0 Å². The van der Waals surface area contributed by atoms with Crippen LogP contribution in [0.4, 0.5) is 0 Å². The van der Waals surface area contributed by atoms with E-state index in [1.807, 2.05) is 0 Å². The van der Waals surface area contributed by atoms with Crippen LogP contribution in [0, 0.1) is 11.8 Å². The lowest BCUT2D eigenvalue weighted by molar-refractivity contribution is 0.101. The molecule has 1 aliphatic carbocycles. The van der Waals surface area contributed by atoms with E-state index in [4.69, 9.17) is 0 Å². The molecule has 2 atom stereocenters. The third-order valence-corrected chi connectivity index (χ3v) is 4.49. The van der Waals surface area contributed by atoms with E-state index in [0.717, 1.165) is 5.92 Å². The predicted molar refractivity (Wildman–Crippen MR) is 67.4 cm³/mol. The highest BCUT2D eigenvalue weighted by Gasteiger charge is 2.26. The van der Waals surface area contributed by atoms with Gasteiger partial charge in [0.2, 0.25) is 0 Å². The molecule has 94 valence electrons. The molecule has 0 amide bonds. The standard InChI is InChI=1S/C14H27NO/c16-12-14-8-4-3-7-13(14)11-15-9-5-1-2-6-10-15/h13-14,16H,1-12H2. The summed E-state index contributed by atoms with van der Waals surface area (Å²) in [7, 11) is 0. The fourth-order valence-electron chi connectivity index (χ4n) is 3.42. The number of aliphatic hydroxyl groups is 1. The number of rotatable bonds is 3. The monoisotopic (exact) mass is 225 g/mol. The van der Waals surface area contributed by atoms with Crippen molar-refractivity contribution in [1.29, 1.82) is 0 Å². The second-order valence-corrected chi connectivity index (χ2v) is 5.70. The van der Waals surface area contributed by atoms with E-state index in [-0.39, 0.29) is 0 Å². The number of hydrogen-bond acceptors (Lipinski definition) is 2. The first-order valence-corrected chi connectivity index (χ1v) is 7.23. The van der Waals surface area contributed by atoms with Gasteiger partial charge in [-0.2, -0.15) is 0 Å². The minimum Gasteiger partial charge on any atom is -0.396 e. The molecule has 0 bridgehead atoms. The minimum atomic E-state index is 0.415. The summed E-state index contributed by atoms with van der Waals surface area (Å²) in [5, 5.41) is 9.43. The Hall–Kier alpha value is -0.0800. The Balaban J connectivity index is 1.81. The quantitative estimate of drug-likeness (QED) is 0.798. The van der Waals surface area contributed by atoms with Gasteiger partial charge >= 0.3 is 0 Å². The first-order valence-electron chi connectivity index (χ1n) is 7.23. The van der Waals surface area contributed by atoms with Crippen LogP contribution in [0.15, 0.2) is 0 Å². The second-order valence-electron chi connectivity index (χ2n) is 5.70. The number of hydrogen-bond donors (Lipinski definition) is 1. The van der Waals surface area contributed by atoms with Crippen molar-refractivity contribution in [3.63, 3.8) is 0 Å². The Bertz CT molecular complexity index is 187. The smallest absolute Gasteiger partial charge is 0.0462 e. The van der Waals surface area contributed by atoms with Gasteiger partial charge in [-0.15, -0.1) is 0 Å². The zero-order valence-corrected chi connectivity index (χ0v) is 10.5. The third-order valence-electron chi connectivity index (χ3n) is 4.49. The van der Waals surface area contributed by atoms with Gasteiger partial charge in [0.1, 0.15) is 0 Å². The van der Waals surface area contributed by atoms with E-state index in [1.54, 1.807) is 0 Å². The normalized spacial score (nSPS) is 33.6. The summed E-state index contributed by atoms with van der Waals surface area (Å²) in [4.78, 5) is 2.66. The van der Waals surface area contributed by atoms with Crippen LogP contribution in [-0.2, 0) is 0 Å². The molecule has 0 aromatic rings. The van der Waals surface area contributed by atoms with Crippen molar-refractivity contribution in [2.24, 2.45) is 11.8 Å². The molecule has 2 heteroatoms. The van der Waals surface area contributed by atoms with Crippen LogP contribution in [0.5, 0.6) is 0 Å². The topological polar surface area (TPSA) is 23.5 Å². The highest BCUT2D eigenvalue weighted by atomic mass is 16.3. The van der Waals surface area contributed by atoms with Crippen molar-refractivity contribution in [2.75, 3.05) is 26.2 Å². The number of likely N-dealkylation sites (tertiary alicyclic amines) is 1. The summed E-state index contributed by atoms with van der Waals surface area (Å²) in [6.45, 7) is 4.27. The third kappa shape index (κ3) is 3.46. The molecule has 0 spiro atoms. The minimum absolute atomic E-state index is 0.415. The molecule has 0 radical (unpaired) electrons. The van der Waals surface area contributed by atoms with E-state index in [1.165, 1.54) is 71.0 Å². The Morgan fingerprint density at radius 2 is 1.44 bits per heavy atom. The lowest BCUT2D eigenvalue weighted by Gasteiger charge is -2.34. The Labute approximate surface area is 100 Å². The van der Waals surface area contributed by atoms with E-state index < -0.39 is 0 Å². The van der Waals surface area contributed by atoms with Crippen LogP contribution in [0.2, 0.25) is 0 Å². The highest BCUT2D eigenvalue weighted by molar-refractivity contribution is 4.78. The average Bonchev–Trinajstić information content (AvgIpc) is 2.58. The molecule has 2 nitrogen and oxygen atoms in total. The number of aliphatic hydroxyl groups excluding tert-OH is 1. The summed E-state index contributed by atoms with van der Waals surface area (Å²) in [5.74, 6) is 1.37. The van der Waals surface area contributed by atoms with Gasteiger partial charge in [-0.1, -0.05) is 25.7 Å². The van der Waals surface area contributed by atoms with Gasteiger partial charge in [-0.3, -0.25) is 0 Å². The molecular weight excluding hydrogens is 198 g/mol. The fourth-order valence-corrected chi connectivity index (χ4v) is 3.42. The van der Waals surface area contributed by atoms with Crippen molar-refractivity contribution in [3.8, 4) is 0 Å². The van der Waals surface area contributed by atoms with Crippen LogP contribution >= 0.6 is 0 Å². The molecule has 0 aromatic heterocycles. The zero-order chi connectivity index (χ0) is 11.2. The first-order chi connectivity index (χ1) is 7.90. The molecule has 1 saturated heterocycles. The van der Waals surface area contributed by atoms with Crippen molar-refractivity contribution in [3.05, 3.63) is 0 Å². The van der Waals surface area contributed by atoms with Gasteiger partial charge in [0.15, 0.2) is 0 Å². The molecule has 1 aliphatic heterocycles. The van der Waals surface area contributed by atoms with Crippen LogP contribution in [0.3, 0.4) is 0 Å². The van der Waals surface area contributed by atoms with E-state index in [9.17, 15) is 5.11 Å². The van der Waals surface area contributed by atoms with Crippen molar-refractivity contribution < 1.29 is 5.11 Å². The molecule has 2 rings (SSSR count). The predicted octanol–water partition coefficient (Wildman–Crippen LogP) is 2.66. The van der Waals surface area contributed by atoms with Crippen LogP contribution < -0.4 is 0 Å². The molecule has 0 aromatic carbocycles. The molecular formula is C14H27NO. The van der Waals surface area contributed by atoms with Crippen LogP contribution in [-0.4, -0.2) is 36.2 Å². The Morgan fingerprint density at radius 1 is 0.812 bits per heavy atom. The second kappa shape index (κ2) is 6.61. The van der Waals surface area contributed by atoms with Gasteiger partial charge in [0.25, 0.3) is 0 Å². The Morgan fingerprint density at radius 3 is 2.06 bits per heavy atom. The lowest BCUT2D eigenvalue weighted by Crippen LogP contribution is -2.36. The van der Waals surface area contributed by atoms with Gasteiger partial charge in [0, 0.05) is 13.2 Å². The first kappa shape index (κ1) is 12.4. The largest absolute Gasteiger partial charge is 0.396 e. The molecule has 2 aliphatic rings. The summed E-state index contributed by atoms with van der Waals surface area (Å²) < 4.78 is 0. The maximum absolute atomic E-state index is 9.43. The van der Waals surface area contributed by atoms with E-state index in [2.05, 4.69) is 4.90 Å². The molecule has 16 heavy (non-hydrogen) atoms. The van der Waals surface area contributed by atoms with Gasteiger partial charge in [-0.25, -0.2) is 0 Å². The SMILES string of the molecule is OCC1CCCCC1CN1CCCCCC1. The lowest BCUT2D eigenvalue weighted by atomic mass is 9.79. The molecule has 1 saturated carbocycles. The van der Waals surface area contributed by atoms with Gasteiger partial charge in [0.05, 0.1) is 0 Å². The highest BCUT2D eigenvalue weighted by Crippen LogP contribution is 2.30. The molecule has 1 N–H and O–H groups in total. The number of nitrogens with zero attached hydrogens (tertiary/aromatic N) is 1. The Kier molecular flexibility index (Phi) is 5.11. The van der Waals surface area contributed by atoms with Gasteiger partial charge in [-0.05, 0) is 50.6 Å². The summed E-state index contributed by atoms with van der Waals surface area (Å²) in [6, 6.07) is 0. The van der Waals surface area contributed by atoms with Crippen LogP contribution in [0.25, 0.3) is 0 Å². The maximum Gasteiger partial charge on any atom is 0.0462 e. The summed E-state index contributed by atoms with van der Waals surface area (Å²) >= 11 is 0. The zero-order valence-electron chi connectivity index (χ0n) is 10.5. The van der Waals surface area contributed by atoms with Crippen molar-refractivity contribution >= 4 is 0 Å². The summed E-state index contributed by atoms with van der Waals surface area (Å²) in [5.41, 5.74) is 0. The van der Waals surface area contributed by atoms with E-state index in [0.29, 0.717) is 12.5 Å². The molecule has 1 heterocycles. The van der Waals surface area contributed by atoms with Crippen LogP contribution in [0.1, 0.15) is 51.4 Å². The molecule has 2 unspecified atom stereocenters. The average molecular weight is 225 g/mol. The summed E-state index contributed by atoms with van der Waals surface area (Å²) in [6.07, 6.45) is 10.9.